The molecule has 8 heteroatoms. The number of carbonyl (C=O) groups excluding carboxylic acids is 1. The summed E-state index contributed by atoms with van der Waals surface area (Å²) >= 11 is 0. The molecule has 1 atom stereocenters. The van der Waals surface area contributed by atoms with Gasteiger partial charge in [-0.1, -0.05) is 20.8 Å². The van der Waals surface area contributed by atoms with Gasteiger partial charge >= 0.3 is 5.97 Å². The fraction of sp³-hybridized carbons (Fsp3) is 0.818. The number of carboxylic acids is 1. The summed E-state index contributed by atoms with van der Waals surface area (Å²) in [5, 5.41) is 11.0. The highest BCUT2D eigenvalue weighted by atomic mass is 32.2. The van der Waals surface area contributed by atoms with E-state index in [-0.39, 0.29) is 18.9 Å². The van der Waals surface area contributed by atoms with Gasteiger partial charge in [-0.05, 0) is 5.92 Å². The second-order valence-electron chi connectivity index (χ2n) is 4.35. The SMILES string of the molecule is CCN(CC)S(=O)(=O)CC(=O)NCC(C)CC(=O)O. The van der Waals surface area contributed by atoms with Gasteiger partial charge < -0.3 is 10.4 Å². The highest BCUT2D eigenvalue weighted by Crippen LogP contribution is 2.02. The summed E-state index contributed by atoms with van der Waals surface area (Å²) < 4.78 is 24.8. The van der Waals surface area contributed by atoms with Gasteiger partial charge in [0, 0.05) is 26.1 Å². The Bertz CT molecular complexity index is 403. The van der Waals surface area contributed by atoms with Crippen molar-refractivity contribution in [2.75, 3.05) is 25.4 Å². The first kappa shape index (κ1) is 17.8. The lowest BCUT2D eigenvalue weighted by atomic mass is 10.1. The molecule has 0 radical (unpaired) electrons. The van der Waals surface area contributed by atoms with Crippen molar-refractivity contribution >= 4 is 21.9 Å². The molecule has 0 spiro atoms. The maximum absolute atomic E-state index is 11.8. The van der Waals surface area contributed by atoms with E-state index in [1.807, 2.05) is 0 Å². The van der Waals surface area contributed by atoms with Crippen molar-refractivity contribution in [2.45, 2.75) is 27.2 Å². The molecule has 0 aromatic heterocycles. The average molecular weight is 294 g/mol. The van der Waals surface area contributed by atoms with E-state index in [1.54, 1.807) is 20.8 Å². The van der Waals surface area contributed by atoms with Crippen molar-refractivity contribution in [3.05, 3.63) is 0 Å². The average Bonchev–Trinajstić information content (AvgIpc) is 2.26. The molecule has 2 N–H and O–H groups in total. The molecule has 112 valence electrons. The van der Waals surface area contributed by atoms with Crippen LogP contribution in [0.4, 0.5) is 0 Å². The summed E-state index contributed by atoms with van der Waals surface area (Å²) in [7, 11) is -3.59. The minimum atomic E-state index is -3.59. The Morgan fingerprint density at radius 1 is 1.26 bits per heavy atom. The molecule has 0 rings (SSSR count). The Labute approximate surface area is 114 Å². The van der Waals surface area contributed by atoms with Gasteiger partial charge in [0.1, 0.15) is 5.75 Å². The third-order valence-corrected chi connectivity index (χ3v) is 4.51. The second-order valence-corrected chi connectivity index (χ2v) is 6.32. The van der Waals surface area contributed by atoms with Crippen LogP contribution < -0.4 is 5.32 Å². The van der Waals surface area contributed by atoms with Crippen molar-refractivity contribution in [1.29, 1.82) is 0 Å². The number of sulfonamides is 1. The molecule has 19 heavy (non-hydrogen) atoms. The summed E-state index contributed by atoms with van der Waals surface area (Å²) in [5.41, 5.74) is 0. The zero-order chi connectivity index (χ0) is 15.1. The van der Waals surface area contributed by atoms with E-state index in [2.05, 4.69) is 5.32 Å². The lowest BCUT2D eigenvalue weighted by Gasteiger charge is -2.18. The van der Waals surface area contributed by atoms with Crippen LogP contribution in [0.5, 0.6) is 0 Å². The maximum atomic E-state index is 11.8. The number of amides is 1. The first-order valence-electron chi connectivity index (χ1n) is 6.19. The lowest BCUT2D eigenvalue weighted by molar-refractivity contribution is -0.138. The zero-order valence-corrected chi connectivity index (χ0v) is 12.4. The predicted octanol–water partition coefficient (Wildman–Crippen LogP) is -0.115. The van der Waals surface area contributed by atoms with E-state index < -0.39 is 27.7 Å². The molecule has 0 aliphatic rings. The number of rotatable bonds is 9. The van der Waals surface area contributed by atoms with Gasteiger partial charge in [-0.2, -0.15) is 0 Å². The first-order valence-corrected chi connectivity index (χ1v) is 7.80. The van der Waals surface area contributed by atoms with Gasteiger partial charge in [0.2, 0.25) is 15.9 Å². The number of carbonyl (C=O) groups is 2. The van der Waals surface area contributed by atoms with Crippen molar-refractivity contribution in [2.24, 2.45) is 5.92 Å². The molecule has 0 aromatic carbocycles. The van der Waals surface area contributed by atoms with Crippen LogP contribution in [0.25, 0.3) is 0 Å². The van der Waals surface area contributed by atoms with Gasteiger partial charge in [-0.15, -0.1) is 0 Å². The largest absolute Gasteiger partial charge is 0.481 e. The maximum Gasteiger partial charge on any atom is 0.303 e. The molecule has 0 heterocycles. The summed E-state index contributed by atoms with van der Waals surface area (Å²) in [5.74, 6) is -2.40. The van der Waals surface area contributed by atoms with Gasteiger partial charge in [0.15, 0.2) is 0 Å². The number of hydrogen-bond donors (Lipinski definition) is 2. The van der Waals surface area contributed by atoms with Crippen LogP contribution in [0, 0.1) is 5.92 Å². The van der Waals surface area contributed by atoms with E-state index in [4.69, 9.17) is 5.11 Å². The molecule has 1 amide bonds. The molecule has 0 fully saturated rings. The molecular formula is C11H22N2O5S. The molecule has 0 aromatic rings. The van der Waals surface area contributed by atoms with Crippen molar-refractivity contribution in [1.82, 2.24) is 9.62 Å². The third-order valence-electron chi connectivity index (χ3n) is 2.58. The van der Waals surface area contributed by atoms with Gasteiger partial charge in [0.25, 0.3) is 0 Å². The molecule has 0 bridgehead atoms. The Kier molecular flexibility index (Phi) is 7.62. The Hall–Kier alpha value is -1.15. The number of carboxylic acid groups (broad SMARTS) is 1. The minimum Gasteiger partial charge on any atom is -0.481 e. The van der Waals surface area contributed by atoms with Gasteiger partial charge in [-0.3, -0.25) is 9.59 Å². The zero-order valence-electron chi connectivity index (χ0n) is 11.5. The van der Waals surface area contributed by atoms with Crippen molar-refractivity contribution < 1.29 is 23.1 Å². The molecule has 1 unspecified atom stereocenters. The quantitative estimate of drug-likeness (QED) is 0.617. The topological polar surface area (TPSA) is 104 Å². The van der Waals surface area contributed by atoms with Crippen molar-refractivity contribution in [3.63, 3.8) is 0 Å². The summed E-state index contributed by atoms with van der Waals surface area (Å²) in [4.78, 5) is 22.0. The minimum absolute atomic E-state index is 0.0664. The second kappa shape index (κ2) is 8.11. The molecule has 0 aliphatic heterocycles. The number of hydrogen-bond acceptors (Lipinski definition) is 4. The number of nitrogens with one attached hydrogen (secondary N) is 1. The summed E-state index contributed by atoms with van der Waals surface area (Å²) in [6, 6.07) is 0. The van der Waals surface area contributed by atoms with E-state index in [1.165, 1.54) is 4.31 Å². The number of nitrogens with zero attached hydrogens (tertiary/aromatic N) is 1. The van der Waals surface area contributed by atoms with Crippen LogP contribution in [0.1, 0.15) is 27.2 Å². The summed E-state index contributed by atoms with van der Waals surface area (Å²) in [6.45, 7) is 5.87. The summed E-state index contributed by atoms with van der Waals surface area (Å²) in [6.07, 6.45) is -0.0664. The molecule has 0 aliphatic carbocycles. The molecular weight excluding hydrogens is 272 g/mol. The molecule has 0 saturated heterocycles. The first-order chi connectivity index (χ1) is 8.72. The van der Waals surface area contributed by atoms with Crippen LogP contribution in [-0.4, -0.2) is 55.1 Å². The molecule has 0 saturated carbocycles. The van der Waals surface area contributed by atoms with Crippen LogP contribution in [0.3, 0.4) is 0 Å². The highest BCUT2D eigenvalue weighted by Gasteiger charge is 2.22. The standard InChI is InChI=1S/C11H22N2O5S/c1-4-13(5-2)19(17,18)8-10(14)12-7-9(3)6-11(15)16/h9H,4-8H2,1-3H3,(H,12,14)(H,15,16). The Balaban J connectivity index is 4.28. The fourth-order valence-corrected chi connectivity index (χ4v) is 2.99. The Morgan fingerprint density at radius 3 is 2.21 bits per heavy atom. The van der Waals surface area contributed by atoms with E-state index in [0.29, 0.717) is 13.1 Å². The van der Waals surface area contributed by atoms with Crippen LogP contribution in [-0.2, 0) is 19.6 Å². The van der Waals surface area contributed by atoms with E-state index in [0.717, 1.165) is 0 Å². The number of aliphatic carboxylic acids is 1. The van der Waals surface area contributed by atoms with Crippen molar-refractivity contribution in [3.8, 4) is 0 Å². The third kappa shape index (κ3) is 7.12. The van der Waals surface area contributed by atoms with Crippen LogP contribution in [0.15, 0.2) is 0 Å². The lowest BCUT2D eigenvalue weighted by Crippen LogP contribution is -2.40. The normalized spacial score (nSPS) is 13.3. The fourth-order valence-electron chi connectivity index (χ4n) is 1.58. The van der Waals surface area contributed by atoms with E-state index in [9.17, 15) is 18.0 Å². The van der Waals surface area contributed by atoms with Gasteiger partial charge in [0.05, 0.1) is 0 Å². The highest BCUT2D eigenvalue weighted by molar-refractivity contribution is 7.89. The van der Waals surface area contributed by atoms with E-state index >= 15 is 0 Å². The monoisotopic (exact) mass is 294 g/mol. The molecule has 7 nitrogen and oxygen atoms in total. The van der Waals surface area contributed by atoms with Gasteiger partial charge in [-0.25, -0.2) is 12.7 Å². The van der Waals surface area contributed by atoms with Crippen LogP contribution in [0.2, 0.25) is 0 Å². The predicted molar refractivity (Wildman–Crippen MR) is 71.1 cm³/mol. The smallest absolute Gasteiger partial charge is 0.303 e. The Morgan fingerprint density at radius 2 is 1.79 bits per heavy atom. The van der Waals surface area contributed by atoms with Crippen LogP contribution >= 0.6 is 0 Å².